The summed E-state index contributed by atoms with van der Waals surface area (Å²) in [4.78, 5) is 21.4. The molecular weight excluding hydrogens is 519 g/mol. The molecule has 198 valence electrons. The lowest BCUT2D eigenvalue weighted by atomic mass is 10.2. The van der Waals surface area contributed by atoms with Gasteiger partial charge in [0.2, 0.25) is 21.7 Å². The van der Waals surface area contributed by atoms with Gasteiger partial charge in [0.1, 0.15) is 34.5 Å². The van der Waals surface area contributed by atoms with Gasteiger partial charge in [0.25, 0.3) is 0 Å². The van der Waals surface area contributed by atoms with Crippen molar-refractivity contribution in [2.75, 3.05) is 20.8 Å². The van der Waals surface area contributed by atoms with Gasteiger partial charge in [-0.05, 0) is 37.3 Å². The van der Waals surface area contributed by atoms with E-state index in [0.29, 0.717) is 12.5 Å². The van der Waals surface area contributed by atoms with Crippen molar-refractivity contribution < 1.29 is 31.8 Å². The predicted octanol–water partition coefficient (Wildman–Crippen LogP) is 2.54. The summed E-state index contributed by atoms with van der Waals surface area (Å²) in [7, 11) is -1.55. The van der Waals surface area contributed by atoms with Gasteiger partial charge < -0.3 is 14.2 Å². The Bertz CT molecular complexity index is 1550. The van der Waals surface area contributed by atoms with Crippen LogP contribution in [0.4, 0.5) is 4.39 Å². The van der Waals surface area contributed by atoms with Gasteiger partial charge in [-0.25, -0.2) is 22.5 Å². The molecule has 0 atom stereocenters. The van der Waals surface area contributed by atoms with E-state index in [1.54, 1.807) is 43.3 Å². The quantitative estimate of drug-likeness (QED) is 0.317. The zero-order valence-corrected chi connectivity index (χ0v) is 21.4. The minimum Gasteiger partial charge on any atom is -0.494 e. The number of benzene rings is 1. The standard InChI is InChI=1S/C24H23FN6O6S/c1-4-37-20-12-5-9-16(27-20)22-28-29-23(31(22)21-18(35-2)10-6-11-19(21)36-3)24(32)30-38(33,34)14-17-15(25)8-7-13-26-17/h5-13H,4,14H2,1-3H3,(H,30,32). The molecule has 0 radical (unpaired) electrons. The summed E-state index contributed by atoms with van der Waals surface area (Å²) in [5, 5.41) is 8.08. The van der Waals surface area contributed by atoms with E-state index in [4.69, 9.17) is 14.2 Å². The van der Waals surface area contributed by atoms with Gasteiger partial charge in [-0.3, -0.25) is 14.3 Å². The van der Waals surface area contributed by atoms with E-state index < -0.39 is 33.3 Å². The van der Waals surface area contributed by atoms with Gasteiger partial charge >= 0.3 is 5.91 Å². The number of amides is 1. The monoisotopic (exact) mass is 542 g/mol. The third kappa shape index (κ3) is 5.54. The molecule has 0 unspecified atom stereocenters. The molecule has 0 fully saturated rings. The Hall–Kier alpha value is -4.59. The third-order valence-corrected chi connectivity index (χ3v) is 6.30. The first-order valence-electron chi connectivity index (χ1n) is 11.2. The summed E-state index contributed by atoms with van der Waals surface area (Å²) in [6.45, 7) is 2.17. The van der Waals surface area contributed by atoms with Crippen molar-refractivity contribution in [2.45, 2.75) is 12.7 Å². The van der Waals surface area contributed by atoms with Gasteiger partial charge in [-0.2, -0.15) is 0 Å². The normalized spacial score (nSPS) is 11.2. The Labute approximate surface area is 217 Å². The van der Waals surface area contributed by atoms with Crippen molar-refractivity contribution in [2.24, 2.45) is 0 Å². The molecule has 0 aliphatic carbocycles. The maximum Gasteiger partial charge on any atom is 0.303 e. The Balaban J connectivity index is 1.84. The molecule has 0 spiro atoms. The van der Waals surface area contributed by atoms with E-state index in [1.807, 2.05) is 4.72 Å². The zero-order valence-electron chi connectivity index (χ0n) is 20.6. The highest BCUT2D eigenvalue weighted by atomic mass is 32.2. The number of sulfonamides is 1. The van der Waals surface area contributed by atoms with Gasteiger partial charge in [-0.15, -0.1) is 10.2 Å². The van der Waals surface area contributed by atoms with E-state index in [-0.39, 0.29) is 34.4 Å². The van der Waals surface area contributed by atoms with Crippen LogP contribution < -0.4 is 18.9 Å². The lowest BCUT2D eigenvalue weighted by Crippen LogP contribution is -2.34. The van der Waals surface area contributed by atoms with Crippen LogP contribution in [-0.4, -0.2) is 59.9 Å². The van der Waals surface area contributed by atoms with Crippen LogP contribution in [0.15, 0.2) is 54.7 Å². The van der Waals surface area contributed by atoms with Crippen LogP contribution >= 0.6 is 0 Å². The van der Waals surface area contributed by atoms with Crippen molar-refractivity contribution in [3.05, 3.63) is 72.1 Å². The van der Waals surface area contributed by atoms with Crippen LogP contribution in [0, 0.1) is 5.82 Å². The number of carbonyl (C=O) groups excluding carboxylic acids is 1. The number of rotatable bonds is 10. The number of hydrogen-bond acceptors (Lipinski definition) is 10. The van der Waals surface area contributed by atoms with Crippen LogP contribution in [0.3, 0.4) is 0 Å². The highest BCUT2D eigenvalue weighted by molar-refractivity contribution is 7.89. The van der Waals surface area contributed by atoms with Crippen LogP contribution in [0.2, 0.25) is 0 Å². The number of nitrogens with zero attached hydrogens (tertiary/aromatic N) is 5. The summed E-state index contributed by atoms with van der Waals surface area (Å²) in [6, 6.07) is 12.2. The smallest absolute Gasteiger partial charge is 0.303 e. The highest BCUT2D eigenvalue weighted by Gasteiger charge is 2.29. The molecule has 14 heteroatoms. The second-order valence-electron chi connectivity index (χ2n) is 7.61. The number of ether oxygens (including phenoxy) is 3. The van der Waals surface area contributed by atoms with E-state index in [9.17, 15) is 17.6 Å². The number of halogens is 1. The Morgan fingerprint density at radius 1 is 1.03 bits per heavy atom. The molecule has 1 N–H and O–H groups in total. The first-order valence-corrected chi connectivity index (χ1v) is 12.8. The number of methoxy groups -OCH3 is 2. The number of hydrogen-bond donors (Lipinski definition) is 1. The third-order valence-electron chi connectivity index (χ3n) is 5.15. The highest BCUT2D eigenvalue weighted by Crippen LogP contribution is 2.36. The average molecular weight is 543 g/mol. The summed E-state index contributed by atoms with van der Waals surface area (Å²) in [5.41, 5.74) is 0.145. The van der Waals surface area contributed by atoms with E-state index in [1.165, 1.54) is 31.0 Å². The second-order valence-corrected chi connectivity index (χ2v) is 9.33. The van der Waals surface area contributed by atoms with Crippen LogP contribution in [-0.2, 0) is 15.8 Å². The summed E-state index contributed by atoms with van der Waals surface area (Å²) >= 11 is 0. The molecule has 0 aliphatic heterocycles. The van der Waals surface area contributed by atoms with Gasteiger partial charge in [-0.1, -0.05) is 12.1 Å². The fourth-order valence-corrected chi connectivity index (χ4v) is 4.57. The number of carbonyl (C=O) groups is 1. The molecule has 1 aromatic carbocycles. The van der Waals surface area contributed by atoms with Crippen LogP contribution in [0.5, 0.6) is 17.4 Å². The average Bonchev–Trinajstić information content (AvgIpc) is 3.34. The lowest BCUT2D eigenvalue weighted by molar-refractivity contribution is 0.0969. The SMILES string of the molecule is CCOc1cccc(-c2nnc(C(=O)NS(=O)(=O)Cc3ncccc3F)n2-c2c(OC)cccc2OC)n1. The molecule has 0 aliphatic rings. The van der Waals surface area contributed by atoms with E-state index in [0.717, 1.165) is 6.07 Å². The lowest BCUT2D eigenvalue weighted by Gasteiger charge is -2.17. The van der Waals surface area contributed by atoms with E-state index in [2.05, 4.69) is 20.2 Å². The summed E-state index contributed by atoms with van der Waals surface area (Å²) in [6.07, 6.45) is 1.25. The fourth-order valence-electron chi connectivity index (χ4n) is 3.56. The molecule has 12 nitrogen and oxygen atoms in total. The van der Waals surface area contributed by atoms with E-state index >= 15 is 0 Å². The Kier molecular flexibility index (Phi) is 7.81. The number of aromatic nitrogens is 5. The number of para-hydroxylation sites is 1. The topological polar surface area (TPSA) is 147 Å². The van der Waals surface area contributed by atoms with Crippen molar-refractivity contribution in [3.8, 4) is 34.6 Å². The molecule has 4 aromatic rings. The minimum absolute atomic E-state index is 0.0765. The molecule has 3 aromatic heterocycles. The molecular formula is C24H23FN6O6S. The maximum atomic E-state index is 14.0. The van der Waals surface area contributed by atoms with Crippen molar-refractivity contribution >= 4 is 15.9 Å². The molecule has 4 rings (SSSR count). The molecule has 0 saturated heterocycles. The largest absolute Gasteiger partial charge is 0.494 e. The molecule has 0 saturated carbocycles. The molecule has 38 heavy (non-hydrogen) atoms. The molecule has 3 heterocycles. The number of nitrogens with one attached hydrogen (secondary N) is 1. The Morgan fingerprint density at radius 2 is 1.74 bits per heavy atom. The zero-order chi connectivity index (χ0) is 27.3. The Morgan fingerprint density at radius 3 is 2.39 bits per heavy atom. The van der Waals surface area contributed by atoms with Crippen LogP contribution in [0.25, 0.3) is 17.2 Å². The van der Waals surface area contributed by atoms with Crippen LogP contribution in [0.1, 0.15) is 23.2 Å². The van der Waals surface area contributed by atoms with Gasteiger partial charge in [0.05, 0.1) is 26.5 Å². The van der Waals surface area contributed by atoms with Gasteiger partial charge in [0, 0.05) is 12.3 Å². The molecule has 0 bridgehead atoms. The second kappa shape index (κ2) is 11.2. The first-order chi connectivity index (χ1) is 18.3. The first kappa shape index (κ1) is 26.5. The summed E-state index contributed by atoms with van der Waals surface area (Å²) in [5.74, 6) is -2.31. The number of pyridine rings is 2. The molecule has 1 amide bonds. The van der Waals surface area contributed by atoms with Crippen molar-refractivity contribution in [1.29, 1.82) is 0 Å². The minimum atomic E-state index is -4.39. The predicted molar refractivity (Wildman–Crippen MR) is 133 cm³/mol. The van der Waals surface area contributed by atoms with Crippen molar-refractivity contribution in [1.82, 2.24) is 29.5 Å². The van der Waals surface area contributed by atoms with Crippen molar-refractivity contribution in [3.63, 3.8) is 0 Å². The van der Waals surface area contributed by atoms with Gasteiger partial charge in [0.15, 0.2) is 5.82 Å². The maximum absolute atomic E-state index is 14.0. The fraction of sp³-hybridized carbons (Fsp3) is 0.208. The summed E-state index contributed by atoms with van der Waals surface area (Å²) < 4.78 is 59.1.